The molecule has 9 heteroatoms. The molecule has 2 aliphatic rings. The van der Waals surface area contributed by atoms with Crippen LogP contribution in [0.4, 0.5) is 5.69 Å². The van der Waals surface area contributed by atoms with Crippen LogP contribution in [0, 0.1) is 0 Å². The minimum absolute atomic E-state index is 0.322. The molecule has 0 aromatic heterocycles. The van der Waals surface area contributed by atoms with Gasteiger partial charge < -0.3 is 19.7 Å². The molecule has 156 valence electrons. The molecule has 1 saturated heterocycles. The molecule has 1 aromatic rings. The Morgan fingerprint density at radius 2 is 1.86 bits per heavy atom. The SMILES string of the molecule is C[C@H](C(=O)NCCN1CCCCC1)N(c1ccc2c(c1)OCCO2)S(C)(=O)=O. The number of carbonyl (C=O) groups is 1. The van der Waals surface area contributed by atoms with Gasteiger partial charge in [0.05, 0.1) is 11.9 Å². The van der Waals surface area contributed by atoms with Crippen molar-refractivity contribution in [1.29, 1.82) is 0 Å². The molecular weight excluding hydrogens is 382 g/mol. The average molecular weight is 412 g/mol. The smallest absolute Gasteiger partial charge is 0.243 e. The molecule has 1 aromatic carbocycles. The van der Waals surface area contributed by atoms with Gasteiger partial charge in [-0.05, 0) is 45.0 Å². The molecule has 0 saturated carbocycles. The third-order valence-electron chi connectivity index (χ3n) is 5.04. The third-order valence-corrected chi connectivity index (χ3v) is 6.29. The predicted octanol–water partition coefficient (Wildman–Crippen LogP) is 1.21. The Morgan fingerprint density at radius 1 is 1.18 bits per heavy atom. The third kappa shape index (κ3) is 5.08. The quantitative estimate of drug-likeness (QED) is 0.726. The molecule has 2 heterocycles. The Kier molecular flexibility index (Phi) is 6.66. The van der Waals surface area contributed by atoms with Crippen molar-refractivity contribution in [2.24, 2.45) is 0 Å². The molecule has 3 rings (SSSR count). The van der Waals surface area contributed by atoms with Crippen LogP contribution < -0.4 is 19.1 Å². The summed E-state index contributed by atoms with van der Waals surface area (Å²) >= 11 is 0. The highest BCUT2D eigenvalue weighted by Crippen LogP contribution is 2.35. The van der Waals surface area contributed by atoms with E-state index in [2.05, 4.69) is 10.2 Å². The molecule has 1 amide bonds. The number of rotatable bonds is 7. The number of hydrogen-bond donors (Lipinski definition) is 1. The van der Waals surface area contributed by atoms with Gasteiger partial charge in [0.25, 0.3) is 0 Å². The highest BCUT2D eigenvalue weighted by molar-refractivity contribution is 7.92. The maximum Gasteiger partial charge on any atom is 0.243 e. The maximum atomic E-state index is 12.6. The number of hydrogen-bond acceptors (Lipinski definition) is 6. The van der Waals surface area contributed by atoms with E-state index in [0.29, 0.717) is 36.9 Å². The maximum absolute atomic E-state index is 12.6. The fourth-order valence-electron chi connectivity index (χ4n) is 3.65. The molecule has 8 nitrogen and oxygen atoms in total. The first kappa shape index (κ1) is 20.7. The van der Waals surface area contributed by atoms with Crippen molar-refractivity contribution in [3.05, 3.63) is 18.2 Å². The van der Waals surface area contributed by atoms with Crippen molar-refractivity contribution in [1.82, 2.24) is 10.2 Å². The topological polar surface area (TPSA) is 88.2 Å². The van der Waals surface area contributed by atoms with Crippen LogP contribution in [0.15, 0.2) is 18.2 Å². The Morgan fingerprint density at radius 3 is 2.54 bits per heavy atom. The summed E-state index contributed by atoms with van der Waals surface area (Å²) in [5, 5.41) is 2.87. The summed E-state index contributed by atoms with van der Waals surface area (Å²) in [6, 6.07) is 4.03. The van der Waals surface area contributed by atoms with E-state index in [1.54, 1.807) is 25.1 Å². The summed E-state index contributed by atoms with van der Waals surface area (Å²) in [6.45, 7) is 5.84. The summed E-state index contributed by atoms with van der Waals surface area (Å²) < 4.78 is 37.0. The Hall–Kier alpha value is -2.00. The van der Waals surface area contributed by atoms with Crippen LogP contribution in [0.25, 0.3) is 0 Å². The number of carbonyl (C=O) groups excluding carboxylic acids is 1. The monoisotopic (exact) mass is 411 g/mol. The number of amides is 1. The zero-order chi connectivity index (χ0) is 20.1. The van der Waals surface area contributed by atoms with Gasteiger partial charge in [0, 0.05) is 19.2 Å². The number of likely N-dealkylation sites (tertiary alicyclic amines) is 1. The summed E-state index contributed by atoms with van der Waals surface area (Å²) in [7, 11) is -3.67. The Balaban J connectivity index is 1.68. The minimum Gasteiger partial charge on any atom is -0.486 e. The van der Waals surface area contributed by atoms with Gasteiger partial charge in [-0.25, -0.2) is 8.42 Å². The number of piperidine rings is 1. The molecule has 1 fully saturated rings. The van der Waals surface area contributed by atoms with Crippen molar-refractivity contribution < 1.29 is 22.7 Å². The van der Waals surface area contributed by atoms with E-state index in [1.165, 1.54) is 19.3 Å². The first-order valence-electron chi connectivity index (χ1n) is 9.75. The molecule has 28 heavy (non-hydrogen) atoms. The van der Waals surface area contributed by atoms with Gasteiger partial charge >= 0.3 is 0 Å². The van der Waals surface area contributed by atoms with Gasteiger partial charge in [-0.3, -0.25) is 9.10 Å². The number of ether oxygens (including phenoxy) is 2. The number of anilines is 1. The molecule has 2 aliphatic heterocycles. The molecular formula is C19H29N3O5S. The van der Waals surface area contributed by atoms with E-state index < -0.39 is 16.1 Å². The van der Waals surface area contributed by atoms with Crippen molar-refractivity contribution in [2.45, 2.75) is 32.2 Å². The second-order valence-electron chi connectivity index (χ2n) is 7.26. The zero-order valence-electron chi connectivity index (χ0n) is 16.5. The second-order valence-corrected chi connectivity index (χ2v) is 9.12. The Bertz CT molecular complexity index is 793. The van der Waals surface area contributed by atoms with Gasteiger partial charge in [0.15, 0.2) is 11.5 Å². The number of nitrogens with zero attached hydrogens (tertiary/aromatic N) is 2. The molecule has 0 unspecified atom stereocenters. The Labute approximate surface area is 166 Å². The van der Waals surface area contributed by atoms with Crippen LogP contribution >= 0.6 is 0 Å². The molecule has 0 bridgehead atoms. The van der Waals surface area contributed by atoms with Crippen molar-refractivity contribution in [3.8, 4) is 11.5 Å². The van der Waals surface area contributed by atoms with Gasteiger partial charge in [-0.1, -0.05) is 6.42 Å². The number of sulfonamides is 1. The van der Waals surface area contributed by atoms with Gasteiger partial charge in [0.2, 0.25) is 15.9 Å². The lowest BCUT2D eigenvalue weighted by Crippen LogP contribution is -2.49. The zero-order valence-corrected chi connectivity index (χ0v) is 17.3. The van der Waals surface area contributed by atoms with Crippen molar-refractivity contribution in [3.63, 3.8) is 0 Å². The molecule has 1 N–H and O–H groups in total. The minimum atomic E-state index is -3.67. The molecule has 0 aliphatic carbocycles. The standard InChI is InChI=1S/C19H29N3O5S/c1-15(19(23)20-8-11-21-9-4-3-5-10-21)22(28(2,24)25)16-6-7-17-18(14-16)27-13-12-26-17/h6-7,14-15H,3-5,8-13H2,1-2H3,(H,20,23)/t15-/m1/s1. The fourth-order valence-corrected chi connectivity index (χ4v) is 4.81. The van der Waals surface area contributed by atoms with Crippen LogP contribution in [0.5, 0.6) is 11.5 Å². The van der Waals surface area contributed by atoms with Gasteiger partial charge in [0.1, 0.15) is 19.3 Å². The summed E-state index contributed by atoms with van der Waals surface area (Å²) in [5.41, 5.74) is 0.380. The highest BCUT2D eigenvalue weighted by Gasteiger charge is 2.30. The second kappa shape index (κ2) is 9.00. The van der Waals surface area contributed by atoms with Crippen LogP contribution in [-0.2, 0) is 14.8 Å². The molecule has 1 atom stereocenters. The number of nitrogens with one attached hydrogen (secondary N) is 1. The van der Waals surface area contributed by atoms with E-state index >= 15 is 0 Å². The van der Waals surface area contributed by atoms with Crippen LogP contribution in [0.2, 0.25) is 0 Å². The van der Waals surface area contributed by atoms with Crippen molar-refractivity contribution in [2.75, 3.05) is 50.0 Å². The fraction of sp³-hybridized carbons (Fsp3) is 0.632. The summed E-state index contributed by atoms with van der Waals surface area (Å²) in [4.78, 5) is 15.0. The largest absolute Gasteiger partial charge is 0.486 e. The average Bonchev–Trinajstić information content (AvgIpc) is 2.67. The van der Waals surface area contributed by atoms with E-state index in [-0.39, 0.29) is 5.91 Å². The van der Waals surface area contributed by atoms with Gasteiger partial charge in [-0.15, -0.1) is 0 Å². The van der Waals surface area contributed by atoms with E-state index in [0.717, 1.165) is 30.2 Å². The van der Waals surface area contributed by atoms with Crippen molar-refractivity contribution >= 4 is 21.6 Å². The van der Waals surface area contributed by atoms with E-state index in [4.69, 9.17) is 9.47 Å². The van der Waals surface area contributed by atoms with Crippen LogP contribution in [0.1, 0.15) is 26.2 Å². The predicted molar refractivity (Wildman–Crippen MR) is 108 cm³/mol. The first-order valence-corrected chi connectivity index (χ1v) is 11.6. The molecule has 0 radical (unpaired) electrons. The highest BCUT2D eigenvalue weighted by atomic mass is 32.2. The number of benzene rings is 1. The van der Waals surface area contributed by atoms with Crippen LogP contribution in [0.3, 0.4) is 0 Å². The number of fused-ring (bicyclic) bond motifs is 1. The normalized spacial score (nSPS) is 18.4. The summed E-state index contributed by atoms with van der Waals surface area (Å²) in [5.74, 6) is 0.731. The lowest BCUT2D eigenvalue weighted by Gasteiger charge is -2.30. The summed E-state index contributed by atoms with van der Waals surface area (Å²) in [6.07, 6.45) is 4.74. The van der Waals surface area contributed by atoms with E-state index in [9.17, 15) is 13.2 Å². The first-order chi connectivity index (χ1) is 13.4. The lowest BCUT2D eigenvalue weighted by molar-refractivity contribution is -0.121. The van der Waals surface area contributed by atoms with Gasteiger partial charge in [-0.2, -0.15) is 0 Å². The lowest BCUT2D eigenvalue weighted by atomic mass is 10.1. The molecule has 0 spiro atoms. The van der Waals surface area contributed by atoms with E-state index in [1.807, 2.05) is 0 Å². The van der Waals surface area contributed by atoms with Crippen LogP contribution in [-0.4, -0.2) is 70.9 Å².